The van der Waals surface area contributed by atoms with Crippen LogP contribution in [-0.4, -0.2) is 16.2 Å². The van der Waals surface area contributed by atoms with Crippen LogP contribution in [0.2, 0.25) is 0 Å². The van der Waals surface area contributed by atoms with Crippen LogP contribution in [0.25, 0.3) is 22.2 Å². The van der Waals surface area contributed by atoms with Gasteiger partial charge in [-0.1, -0.05) is 78.3 Å². The minimum atomic E-state index is 0.334. The number of hydrogen-bond acceptors (Lipinski definition) is 4. The number of benzene rings is 3. The van der Waals surface area contributed by atoms with Crippen molar-refractivity contribution in [1.82, 2.24) is 15.5 Å². The van der Waals surface area contributed by atoms with Crippen LogP contribution in [-0.2, 0) is 0 Å². The summed E-state index contributed by atoms with van der Waals surface area (Å²) in [7, 11) is 0. The summed E-state index contributed by atoms with van der Waals surface area (Å²) >= 11 is 0. The molecular weight excluding hydrogens is 406 g/mol. The van der Waals surface area contributed by atoms with Gasteiger partial charge in [0.2, 0.25) is 11.7 Å². The van der Waals surface area contributed by atoms with E-state index in [4.69, 9.17) is 4.52 Å². The summed E-state index contributed by atoms with van der Waals surface area (Å²) in [5.74, 6) is 2.61. The number of nitrogens with zero attached hydrogens (tertiary/aromatic N) is 2. The van der Waals surface area contributed by atoms with E-state index in [1.807, 2.05) is 0 Å². The van der Waals surface area contributed by atoms with Crippen molar-refractivity contribution in [2.45, 2.75) is 69.4 Å². The molecule has 4 aromatic rings. The highest BCUT2D eigenvalue weighted by molar-refractivity contribution is 5.86. The van der Waals surface area contributed by atoms with E-state index in [9.17, 15) is 0 Å². The smallest absolute Gasteiger partial charge is 0.230 e. The van der Waals surface area contributed by atoms with Gasteiger partial charge in [-0.15, -0.1) is 0 Å². The Bertz CT molecular complexity index is 1240. The van der Waals surface area contributed by atoms with Gasteiger partial charge in [0.05, 0.1) is 0 Å². The van der Waals surface area contributed by atoms with Gasteiger partial charge >= 0.3 is 0 Å². The zero-order chi connectivity index (χ0) is 22.2. The molecule has 0 spiro atoms. The summed E-state index contributed by atoms with van der Waals surface area (Å²) in [6, 6.07) is 25.1. The number of rotatable bonds is 6. The van der Waals surface area contributed by atoms with Crippen LogP contribution in [0.1, 0.15) is 80.3 Å². The maximum atomic E-state index is 5.43. The second-order valence-corrected chi connectivity index (χ2v) is 9.87. The molecule has 168 valence electrons. The molecule has 3 aromatic carbocycles. The van der Waals surface area contributed by atoms with E-state index in [0.717, 1.165) is 17.3 Å². The summed E-state index contributed by atoms with van der Waals surface area (Å²) in [6.45, 7) is 2.31. The second-order valence-electron chi connectivity index (χ2n) is 9.87. The molecule has 0 bridgehead atoms. The third kappa shape index (κ3) is 4.32. The molecular formula is C29H31N3O. The van der Waals surface area contributed by atoms with Crippen molar-refractivity contribution < 1.29 is 4.52 Å². The van der Waals surface area contributed by atoms with Gasteiger partial charge in [-0.05, 0) is 66.8 Å². The van der Waals surface area contributed by atoms with E-state index in [1.165, 1.54) is 60.4 Å². The van der Waals surface area contributed by atoms with E-state index >= 15 is 0 Å². The molecule has 1 heterocycles. The van der Waals surface area contributed by atoms with Gasteiger partial charge in [0.15, 0.2) is 0 Å². The highest BCUT2D eigenvalue weighted by Gasteiger charge is 2.30. The summed E-state index contributed by atoms with van der Waals surface area (Å²) in [5, 5.41) is 10.8. The normalized spacial score (nSPS) is 21.8. The third-order valence-electron chi connectivity index (χ3n) is 7.46. The monoisotopic (exact) mass is 437 g/mol. The summed E-state index contributed by atoms with van der Waals surface area (Å²) in [6.07, 6.45) is 7.31. The van der Waals surface area contributed by atoms with E-state index < -0.39 is 0 Å². The van der Waals surface area contributed by atoms with Gasteiger partial charge in [-0.2, -0.15) is 4.98 Å². The molecule has 0 amide bonds. The van der Waals surface area contributed by atoms with Gasteiger partial charge in [-0.3, -0.25) is 0 Å². The van der Waals surface area contributed by atoms with Crippen molar-refractivity contribution in [1.29, 1.82) is 0 Å². The van der Waals surface area contributed by atoms with Crippen LogP contribution < -0.4 is 5.32 Å². The Hall–Kier alpha value is -2.98. The van der Waals surface area contributed by atoms with Crippen LogP contribution in [0.4, 0.5) is 0 Å². The first-order valence-corrected chi connectivity index (χ1v) is 12.4. The molecule has 2 aliphatic carbocycles. The first kappa shape index (κ1) is 20.6. The molecule has 2 saturated carbocycles. The molecule has 2 fully saturated rings. The van der Waals surface area contributed by atoms with Gasteiger partial charge in [0, 0.05) is 23.6 Å². The summed E-state index contributed by atoms with van der Waals surface area (Å²) < 4.78 is 5.43. The van der Waals surface area contributed by atoms with Crippen LogP contribution in [0.3, 0.4) is 0 Å². The van der Waals surface area contributed by atoms with Crippen molar-refractivity contribution in [3.05, 3.63) is 83.7 Å². The van der Waals surface area contributed by atoms with Crippen LogP contribution >= 0.6 is 0 Å². The molecule has 6 rings (SSSR count). The van der Waals surface area contributed by atoms with Gasteiger partial charge in [0.1, 0.15) is 0 Å². The minimum Gasteiger partial charge on any atom is -0.339 e. The maximum Gasteiger partial charge on any atom is 0.230 e. The maximum absolute atomic E-state index is 5.43. The van der Waals surface area contributed by atoms with Gasteiger partial charge in [-0.25, -0.2) is 0 Å². The Morgan fingerprint density at radius 3 is 2.55 bits per heavy atom. The Labute approximate surface area is 195 Å². The largest absolute Gasteiger partial charge is 0.339 e. The van der Waals surface area contributed by atoms with Crippen LogP contribution in [0.15, 0.2) is 71.3 Å². The van der Waals surface area contributed by atoms with Crippen molar-refractivity contribution in [2.24, 2.45) is 0 Å². The van der Waals surface area contributed by atoms with E-state index in [2.05, 4.69) is 89.1 Å². The Morgan fingerprint density at radius 1 is 0.879 bits per heavy atom. The second kappa shape index (κ2) is 8.75. The van der Waals surface area contributed by atoms with E-state index in [0.29, 0.717) is 23.9 Å². The van der Waals surface area contributed by atoms with Crippen LogP contribution in [0, 0.1) is 0 Å². The Morgan fingerprint density at radius 2 is 1.70 bits per heavy atom. The number of fused-ring (bicyclic) bond motifs is 1. The average Bonchev–Trinajstić information content (AvgIpc) is 3.60. The lowest BCUT2D eigenvalue weighted by molar-refractivity contribution is 0.319. The molecule has 33 heavy (non-hydrogen) atoms. The Kier molecular flexibility index (Phi) is 5.47. The number of nitrogens with one attached hydrogen (secondary N) is 1. The molecule has 2 aliphatic rings. The van der Waals surface area contributed by atoms with Crippen molar-refractivity contribution in [2.75, 3.05) is 0 Å². The van der Waals surface area contributed by atoms with Gasteiger partial charge < -0.3 is 9.84 Å². The highest BCUT2D eigenvalue weighted by Crippen LogP contribution is 2.40. The molecule has 3 atom stereocenters. The van der Waals surface area contributed by atoms with E-state index in [-0.39, 0.29) is 0 Å². The SMILES string of the molecule is C[C@@H](N[C@H]1CCC[C@H](c2ccc(-c3noc(C4CC4)n3)cc2)C1)c1cccc2ccccc12. The zero-order valence-electron chi connectivity index (χ0n) is 19.2. The molecule has 0 unspecified atom stereocenters. The quantitative estimate of drug-likeness (QED) is 0.348. The topological polar surface area (TPSA) is 51.0 Å². The average molecular weight is 438 g/mol. The first-order valence-electron chi connectivity index (χ1n) is 12.4. The standard InChI is InChI=1S/C29H31N3O/c1-19(26-11-5-7-21-6-2-3-10-27(21)26)30-25-9-4-8-24(18-25)20-12-14-22(15-13-20)28-31-29(33-32-28)23-16-17-23/h2-3,5-7,10-15,19,23-25,30H,4,8-9,16-18H2,1H3/t19-,24+,25+/m1/s1. The molecule has 1 N–H and O–H groups in total. The first-order chi connectivity index (χ1) is 16.2. The predicted molar refractivity (Wildman–Crippen MR) is 132 cm³/mol. The lowest BCUT2D eigenvalue weighted by Gasteiger charge is -2.32. The predicted octanol–water partition coefficient (Wildman–Crippen LogP) is 7.14. The fourth-order valence-electron chi connectivity index (χ4n) is 5.47. The van der Waals surface area contributed by atoms with Crippen molar-refractivity contribution in [3.63, 3.8) is 0 Å². The van der Waals surface area contributed by atoms with Crippen molar-refractivity contribution in [3.8, 4) is 11.4 Å². The van der Waals surface area contributed by atoms with Crippen molar-refractivity contribution >= 4 is 10.8 Å². The summed E-state index contributed by atoms with van der Waals surface area (Å²) in [5.41, 5.74) is 3.86. The molecule has 0 radical (unpaired) electrons. The molecule has 4 heteroatoms. The molecule has 0 aliphatic heterocycles. The molecule has 1 aromatic heterocycles. The minimum absolute atomic E-state index is 0.334. The lowest BCUT2D eigenvalue weighted by Crippen LogP contribution is -2.35. The zero-order valence-corrected chi connectivity index (χ0v) is 19.2. The van der Waals surface area contributed by atoms with E-state index in [1.54, 1.807) is 0 Å². The highest BCUT2D eigenvalue weighted by atomic mass is 16.5. The summed E-state index contributed by atoms with van der Waals surface area (Å²) in [4.78, 5) is 4.59. The fraction of sp³-hybridized carbons (Fsp3) is 0.379. The lowest BCUT2D eigenvalue weighted by atomic mass is 9.80. The van der Waals surface area contributed by atoms with Crippen LogP contribution in [0.5, 0.6) is 0 Å². The Balaban J connectivity index is 1.13. The fourth-order valence-corrected chi connectivity index (χ4v) is 5.47. The molecule has 0 saturated heterocycles. The third-order valence-corrected chi connectivity index (χ3v) is 7.46. The number of hydrogen-bond donors (Lipinski definition) is 1. The van der Waals surface area contributed by atoms with Gasteiger partial charge in [0.25, 0.3) is 0 Å². The number of aromatic nitrogens is 2. The molecule has 4 nitrogen and oxygen atoms in total.